The zero-order valence-electron chi connectivity index (χ0n) is 11.7. The number of halogens is 1. The highest BCUT2D eigenvalue weighted by Gasteiger charge is 2.15. The summed E-state index contributed by atoms with van der Waals surface area (Å²) in [5.41, 5.74) is 1.81. The summed E-state index contributed by atoms with van der Waals surface area (Å²) in [5, 5.41) is 9.64. The minimum absolute atomic E-state index is 0.114. The second-order valence-electron chi connectivity index (χ2n) is 5.15. The van der Waals surface area contributed by atoms with Gasteiger partial charge in [0.2, 0.25) is 0 Å². The van der Waals surface area contributed by atoms with Gasteiger partial charge in [0.05, 0.1) is 5.69 Å². The van der Waals surface area contributed by atoms with Crippen LogP contribution in [0.1, 0.15) is 18.4 Å². The fraction of sp³-hybridized carbons (Fsp3) is 0.235. The van der Waals surface area contributed by atoms with Crippen LogP contribution in [-0.4, -0.2) is 24.4 Å². The van der Waals surface area contributed by atoms with E-state index in [-0.39, 0.29) is 11.6 Å². The second kappa shape index (κ2) is 5.95. The van der Waals surface area contributed by atoms with Crippen molar-refractivity contribution in [3.63, 3.8) is 0 Å². The first-order chi connectivity index (χ1) is 10.2. The molecule has 1 N–H and O–H groups in total. The Morgan fingerprint density at radius 2 is 1.86 bits per heavy atom. The van der Waals surface area contributed by atoms with Crippen molar-refractivity contribution in [1.29, 1.82) is 0 Å². The van der Waals surface area contributed by atoms with Gasteiger partial charge in [0.25, 0.3) is 0 Å². The second-order valence-corrected chi connectivity index (χ2v) is 5.15. The van der Waals surface area contributed by atoms with Gasteiger partial charge in [-0.05, 0) is 42.7 Å². The standard InChI is InChI=1S/C17H17FN2O/c18-14-11-13(7-8-16(14)20-9-3-4-10-20)12-19-15-5-1-2-6-17(15)21/h1-2,5-8,11-12,21H,3-4,9-10H2. The number of rotatable bonds is 3. The van der Waals surface area contributed by atoms with E-state index in [1.165, 1.54) is 6.07 Å². The maximum atomic E-state index is 14.2. The van der Waals surface area contributed by atoms with Crippen LogP contribution in [0.4, 0.5) is 15.8 Å². The topological polar surface area (TPSA) is 35.8 Å². The normalized spacial score (nSPS) is 15.0. The summed E-state index contributed by atoms with van der Waals surface area (Å²) in [4.78, 5) is 6.26. The summed E-state index contributed by atoms with van der Waals surface area (Å²) in [7, 11) is 0. The van der Waals surface area contributed by atoms with Crippen LogP contribution in [0.15, 0.2) is 47.5 Å². The Kier molecular flexibility index (Phi) is 3.86. The molecule has 2 aromatic carbocycles. The van der Waals surface area contributed by atoms with Crippen LogP contribution in [0.5, 0.6) is 5.75 Å². The van der Waals surface area contributed by atoms with Crippen LogP contribution in [0.3, 0.4) is 0 Å². The third kappa shape index (κ3) is 3.05. The van der Waals surface area contributed by atoms with E-state index in [1.807, 2.05) is 6.07 Å². The number of aliphatic imine (C=N–C) groups is 1. The number of nitrogens with zero attached hydrogens (tertiary/aromatic N) is 2. The minimum Gasteiger partial charge on any atom is -0.506 e. The summed E-state index contributed by atoms with van der Waals surface area (Å²) in [6.45, 7) is 1.84. The van der Waals surface area contributed by atoms with Gasteiger partial charge in [0.15, 0.2) is 0 Å². The average Bonchev–Trinajstić information content (AvgIpc) is 3.00. The first-order valence-corrected chi connectivity index (χ1v) is 7.10. The van der Waals surface area contributed by atoms with Crippen molar-refractivity contribution < 1.29 is 9.50 Å². The molecule has 0 atom stereocenters. The summed E-state index contributed by atoms with van der Waals surface area (Å²) in [6.07, 6.45) is 3.80. The monoisotopic (exact) mass is 284 g/mol. The molecule has 3 nitrogen and oxygen atoms in total. The molecule has 1 fully saturated rings. The van der Waals surface area contributed by atoms with E-state index >= 15 is 0 Å². The third-order valence-corrected chi connectivity index (χ3v) is 3.65. The Balaban J connectivity index is 1.80. The molecule has 0 amide bonds. The van der Waals surface area contributed by atoms with Crippen LogP contribution in [0.2, 0.25) is 0 Å². The van der Waals surface area contributed by atoms with Gasteiger partial charge in [0.1, 0.15) is 17.3 Å². The van der Waals surface area contributed by atoms with E-state index < -0.39 is 0 Å². The molecular formula is C17H17FN2O. The molecule has 21 heavy (non-hydrogen) atoms. The number of para-hydroxylation sites is 2. The fourth-order valence-electron chi connectivity index (χ4n) is 2.54. The number of phenolic OH excluding ortho intramolecular Hbond substituents is 1. The number of phenols is 1. The molecule has 0 saturated carbocycles. The van der Waals surface area contributed by atoms with E-state index in [0.29, 0.717) is 16.9 Å². The molecule has 4 heteroatoms. The summed E-state index contributed by atoms with van der Waals surface area (Å²) in [5.74, 6) is -0.110. The highest BCUT2D eigenvalue weighted by atomic mass is 19.1. The highest BCUT2D eigenvalue weighted by Crippen LogP contribution is 2.26. The zero-order chi connectivity index (χ0) is 14.7. The molecule has 0 bridgehead atoms. The molecule has 1 aliphatic rings. The van der Waals surface area contributed by atoms with Crippen molar-refractivity contribution in [2.24, 2.45) is 4.99 Å². The maximum absolute atomic E-state index is 14.2. The molecule has 2 aromatic rings. The van der Waals surface area contributed by atoms with E-state index in [2.05, 4.69) is 9.89 Å². The van der Waals surface area contributed by atoms with Crippen LogP contribution in [0, 0.1) is 5.82 Å². The first-order valence-electron chi connectivity index (χ1n) is 7.10. The lowest BCUT2D eigenvalue weighted by molar-refractivity contribution is 0.477. The van der Waals surface area contributed by atoms with Gasteiger partial charge in [-0.1, -0.05) is 18.2 Å². The summed E-state index contributed by atoms with van der Waals surface area (Å²) in [6, 6.07) is 11.9. The van der Waals surface area contributed by atoms with Gasteiger partial charge in [-0.25, -0.2) is 4.39 Å². The van der Waals surface area contributed by atoms with Gasteiger partial charge in [-0.2, -0.15) is 0 Å². The van der Waals surface area contributed by atoms with Crippen molar-refractivity contribution in [2.75, 3.05) is 18.0 Å². The molecule has 0 unspecified atom stereocenters. The molecule has 1 heterocycles. The number of benzene rings is 2. The van der Waals surface area contributed by atoms with Gasteiger partial charge in [0, 0.05) is 19.3 Å². The third-order valence-electron chi connectivity index (χ3n) is 3.65. The van der Waals surface area contributed by atoms with Crippen LogP contribution < -0.4 is 4.90 Å². The molecule has 0 radical (unpaired) electrons. The predicted octanol–water partition coefficient (Wildman–Crippen LogP) is 3.88. The minimum atomic E-state index is -0.224. The smallest absolute Gasteiger partial charge is 0.147 e. The molecule has 1 saturated heterocycles. The quantitative estimate of drug-likeness (QED) is 0.868. The molecule has 3 rings (SSSR count). The molecule has 0 spiro atoms. The fourth-order valence-corrected chi connectivity index (χ4v) is 2.54. The van der Waals surface area contributed by atoms with Gasteiger partial charge < -0.3 is 10.0 Å². The predicted molar refractivity (Wildman–Crippen MR) is 83.2 cm³/mol. The SMILES string of the molecule is Oc1ccccc1N=Cc1ccc(N2CCCC2)c(F)c1. The molecule has 0 aromatic heterocycles. The van der Waals surface area contributed by atoms with E-state index in [0.717, 1.165) is 25.9 Å². The number of anilines is 1. The average molecular weight is 284 g/mol. The van der Waals surface area contributed by atoms with Crippen molar-refractivity contribution in [3.05, 3.63) is 53.8 Å². The molecule has 108 valence electrons. The van der Waals surface area contributed by atoms with Crippen molar-refractivity contribution >= 4 is 17.6 Å². The summed E-state index contributed by atoms with van der Waals surface area (Å²) >= 11 is 0. The van der Waals surface area contributed by atoms with Gasteiger partial charge in [-0.3, -0.25) is 4.99 Å². The number of aromatic hydroxyl groups is 1. The number of hydrogen-bond donors (Lipinski definition) is 1. The van der Waals surface area contributed by atoms with Crippen molar-refractivity contribution in [1.82, 2.24) is 0 Å². The lowest BCUT2D eigenvalue weighted by Crippen LogP contribution is -2.18. The Labute approximate surface area is 123 Å². The summed E-state index contributed by atoms with van der Waals surface area (Å²) < 4.78 is 14.2. The van der Waals surface area contributed by atoms with Gasteiger partial charge >= 0.3 is 0 Å². The molecule has 1 aliphatic heterocycles. The Hall–Kier alpha value is -2.36. The van der Waals surface area contributed by atoms with Crippen molar-refractivity contribution in [3.8, 4) is 5.75 Å². The Bertz CT molecular complexity index is 664. The molecule has 0 aliphatic carbocycles. The largest absolute Gasteiger partial charge is 0.506 e. The first kappa shape index (κ1) is 13.6. The van der Waals surface area contributed by atoms with E-state index in [4.69, 9.17) is 0 Å². The lowest BCUT2D eigenvalue weighted by Gasteiger charge is -2.18. The van der Waals surface area contributed by atoms with Crippen LogP contribution in [-0.2, 0) is 0 Å². The maximum Gasteiger partial charge on any atom is 0.147 e. The molecular weight excluding hydrogens is 267 g/mol. The van der Waals surface area contributed by atoms with Gasteiger partial charge in [-0.15, -0.1) is 0 Å². The lowest BCUT2D eigenvalue weighted by atomic mass is 10.2. The zero-order valence-corrected chi connectivity index (χ0v) is 11.7. The van der Waals surface area contributed by atoms with E-state index in [9.17, 15) is 9.50 Å². The van der Waals surface area contributed by atoms with Crippen molar-refractivity contribution in [2.45, 2.75) is 12.8 Å². The Morgan fingerprint density at radius 1 is 1.10 bits per heavy atom. The van der Waals surface area contributed by atoms with E-state index in [1.54, 1.807) is 36.5 Å². The van der Waals surface area contributed by atoms with Crippen LogP contribution in [0.25, 0.3) is 0 Å². The number of hydrogen-bond acceptors (Lipinski definition) is 3. The highest BCUT2D eigenvalue weighted by molar-refractivity contribution is 5.83. The van der Waals surface area contributed by atoms with Crippen LogP contribution >= 0.6 is 0 Å². The Morgan fingerprint density at radius 3 is 2.57 bits per heavy atom.